The van der Waals surface area contributed by atoms with Gasteiger partial charge in [-0.25, -0.2) is 0 Å². The van der Waals surface area contributed by atoms with Gasteiger partial charge in [-0.3, -0.25) is 9.59 Å². The second-order valence-electron chi connectivity index (χ2n) is 11.2. The van der Waals surface area contributed by atoms with Gasteiger partial charge < -0.3 is 25.5 Å². The Hall–Kier alpha value is -2.41. The van der Waals surface area contributed by atoms with Crippen LogP contribution in [0.4, 0.5) is 5.69 Å². The van der Waals surface area contributed by atoms with Gasteiger partial charge in [0, 0.05) is 57.8 Å². The largest absolute Gasteiger partial charge is 0.388 e. The number of hydrogen-bond acceptors (Lipinski definition) is 5. The summed E-state index contributed by atoms with van der Waals surface area (Å²) in [5.41, 5.74) is 2.49. The Morgan fingerprint density at radius 1 is 1.08 bits per heavy atom. The second-order valence-corrected chi connectivity index (χ2v) is 11.2. The first-order valence-corrected chi connectivity index (χ1v) is 14.4. The van der Waals surface area contributed by atoms with Crippen LogP contribution in [-0.4, -0.2) is 50.9 Å². The van der Waals surface area contributed by atoms with E-state index in [1.54, 1.807) is 14.2 Å². The predicted molar refractivity (Wildman–Crippen MR) is 167 cm³/mol. The van der Waals surface area contributed by atoms with Gasteiger partial charge in [0.05, 0.1) is 0 Å². The van der Waals surface area contributed by atoms with Gasteiger partial charge in [-0.15, -0.1) is 0 Å². The predicted octanol–water partition coefficient (Wildman–Crippen LogP) is 6.79. The summed E-state index contributed by atoms with van der Waals surface area (Å²) < 4.78 is 4.25. The first kappa shape index (κ1) is 41.1. The quantitative estimate of drug-likeness (QED) is 0.294. The minimum Gasteiger partial charge on any atom is -0.388 e. The monoisotopic (exact) mass is 551 g/mol. The van der Waals surface area contributed by atoms with Gasteiger partial charge in [0.2, 0.25) is 11.8 Å². The minimum absolute atomic E-state index is 0.0381. The number of para-hydroxylation sites is 1. The van der Waals surface area contributed by atoms with Gasteiger partial charge in [-0.05, 0) is 42.7 Å². The van der Waals surface area contributed by atoms with Crippen molar-refractivity contribution in [3.05, 3.63) is 29.8 Å². The van der Waals surface area contributed by atoms with Crippen molar-refractivity contribution in [1.82, 2.24) is 10.6 Å². The van der Waals surface area contributed by atoms with E-state index in [0.29, 0.717) is 12.5 Å². The summed E-state index contributed by atoms with van der Waals surface area (Å²) in [6, 6.07) is 8.70. The fraction of sp³-hybridized carbons (Fsp3) is 0.719. The number of rotatable bonds is 9. The molecule has 1 saturated carbocycles. The topological polar surface area (TPSA) is 96.5 Å². The van der Waals surface area contributed by atoms with Gasteiger partial charge >= 0.3 is 0 Å². The highest BCUT2D eigenvalue weighted by atomic mass is 16.4. The first-order valence-electron chi connectivity index (χ1n) is 14.4. The highest BCUT2D eigenvalue weighted by Crippen LogP contribution is 2.23. The molecule has 0 saturated heterocycles. The number of aryl methyl sites for hydroxylation is 1. The normalized spacial score (nSPS) is 13.2. The zero-order valence-electron chi connectivity index (χ0n) is 27.4. The van der Waals surface area contributed by atoms with Crippen LogP contribution in [0.1, 0.15) is 100 Å². The summed E-state index contributed by atoms with van der Waals surface area (Å²) in [7, 11) is 3.25. The fourth-order valence-corrected chi connectivity index (χ4v) is 2.72. The number of nitrogens with one attached hydrogen (secondary N) is 3. The number of anilines is 1. The van der Waals surface area contributed by atoms with E-state index in [1.807, 2.05) is 48.5 Å². The maximum Gasteiger partial charge on any atom is 0.222 e. The van der Waals surface area contributed by atoms with Crippen LogP contribution in [0.25, 0.3) is 0 Å². The molecule has 2 amide bonds. The van der Waals surface area contributed by atoms with Crippen LogP contribution in [-0.2, 0) is 19.1 Å². The number of ether oxygens (including phenoxy) is 1. The molecule has 7 heteroatoms. The van der Waals surface area contributed by atoms with Crippen LogP contribution in [0.5, 0.6) is 0 Å². The third-order valence-electron chi connectivity index (χ3n) is 5.51. The van der Waals surface area contributed by atoms with E-state index in [2.05, 4.69) is 65.7 Å². The molecule has 228 valence electrons. The van der Waals surface area contributed by atoms with Crippen molar-refractivity contribution >= 4 is 23.8 Å². The Bertz CT molecular complexity index is 756. The smallest absolute Gasteiger partial charge is 0.222 e. The molecule has 7 nitrogen and oxygen atoms in total. The molecule has 3 N–H and O–H groups in total. The average Bonchev–Trinajstić information content (AvgIpc) is 3.68. The Morgan fingerprint density at radius 3 is 1.92 bits per heavy atom. The van der Waals surface area contributed by atoms with Crippen LogP contribution in [0.2, 0.25) is 0 Å². The van der Waals surface area contributed by atoms with Crippen LogP contribution in [0.15, 0.2) is 24.3 Å². The third-order valence-corrected chi connectivity index (χ3v) is 5.51. The van der Waals surface area contributed by atoms with E-state index in [4.69, 9.17) is 0 Å². The maximum absolute atomic E-state index is 11.7. The molecule has 1 aromatic carbocycles. The number of hydrogen-bond donors (Lipinski definition) is 3. The molecule has 0 radical (unpaired) electrons. The molecule has 0 aromatic heterocycles. The van der Waals surface area contributed by atoms with Crippen molar-refractivity contribution in [2.75, 3.05) is 26.1 Å². The van der Waals surface area contributed by atoms with E-state index in [9.17, 15) is 14.4 Å². The molecule has 1 aromatic rings. The molecule has 1 aliphatic carbocycles. The van der Waals surface area contributed by atoms with Crippen molar-refractivity contribution in [1.29, 1.82) is 0 Å². The third kappa shape index (κ3) is 27.0. The van der Waals surface area contributed by atoms with E-state index in [-0.39, 0.29) is 29.2 Å². The lowest BCUT2D eigenvalue weighted by Gasteiger charge is -2.30. The summed E-state index contributed by atoms with van der Waals surface area (Å²) in [6.45, 7) is 23.0. The van der Waals surface area contributed by atoms with E-state index >= 15 is 0 Å². The molecule has 1 fully saturated rings. The molecular formula is C32H61N3O4. The lowest BCUT2D eigenvalue weighted by atomic mass is 9.84. The lowest BCUT2D eigenvalue weighted by Crippen LogP contribution is -2.46. The highest BCUT2D eigenvalue weighted by molar-refractivity contribution is 5.79. The molecule has 2 rings (SSSR count). The summed E-state index contributed by atoms with van der Waals surface area (Å²) in [5, 5.41) is 9.25. The minimum atomic E-state index is -0.108. The Kier molecular flexibility index (Phi) is 25.9. The fourth-order valence-electron chi connectivity index (χ4n) is 2.72. The zero-order valence-corrected chi connectivity index (χ0v) is 27.4. The van der Waals surface area contributed by atoms with Crippen molar-refractivity contribution in [2.24, 2.45) is 17.3 Å². The standard InChI is InChI=1S/C12H22N2O2.C12H19N.C4H8O.C2H6O.C2H6/c1-8(15)13-10(12(2,3)4)7-11(16)14-9-5-6-9;1-4-10(2)9-13-12-8-6-5-7-11(12)3;1-4(2)3-5;1-3-2;1-2/h9-10H,5-7H2,1-4H3,(H,13,15)(H,14,16);5-8,10,13H,4,9H2,1-3H3;3-4H,1-2H3;1-2H3;1-2H3/t10-;;;;/m1..../s1. The van der Waals surface area contributed by atoms with Crippen LogP contribution < -0.4 is 16.0 Å². The first-order chi connectivity index (χ1) is 18.2. The molecule has 0 spiro atoms. The summed E-state index contributed by atoms with van der Waals surface area (Å²) in [6.07, 6.45) is 4.69. The molecule has 0 heterocycles. The molecule has 1 aliphatic rings. The van der Waals surface area contributed by atoms with Gasteiger partial charge in [0.1, 0.15) is 6.29 Å². The van der Waals surface area contributed by atoms with Crippen molar-refractivity contribution in [3.8, 4) is 0 Å². The van der Waals surface area contributed by atoms with E-state index in [1.165, 1.54) is 24.6 Å². The van der Waals surface area contributed by atoms with Crippen molar-refractivity contribution in [2.45, 2.75) is 114 Å². The van der Waals surface area contributed by atoms with Crippen LogP contribution >= 0.6 is 0 Å². The highest BCUT2D eigenvalue weighted by Gasteiger charge is 2.30. The summed E-state index contributed by atoms with van der Waals surface area (Å²) in [4.78, 5) is 32.2. The number of benzene rings is 1. The van der Waals surface area contributed by atoms with Crippen LogP contribution in [0.3, 0.4) is 0 Å². The lowest BCUT2D eigenvalue weighted by molar-refractivity contribution is -0.124. The molecule has 0 bridgehead atoms. The summed E-state index contributed by atoms with van der Waals surface area (Å²) in [5.74, 6) is 0.907. The number of carbonyl (C=O) groups excluding carboxylic acids is 3. The summed E-state index contributed by atoms with van der Waals surface area (Å²) >= 11 is 0. The number of carbonyl (C=O) groups is 3. The molecule has 39 heavy (non-hydrogen) atoms. The maximum atomic E-state index is 11.7. The van der Waals surface area contributed by atoms with Gasteiger partial charge in [0.25, 0.3) is 0 Å². The average molecular weight is 552 g/mol. The van der Waals surface area contributed by atoms with E-state index in [0.717, 1.165) is 31.6 Å². The van der Waals surface area contributed by atoms with Crippen LogP contribution in [0, 0.1) is 24.2 Å². The van der Waals surface area contributed by atoms with Gasteiger partial charge in [-0.1, -0.05) is 86.9 Å². The molecular weight excluding hydrogens is 490 g/mol. The SMILES string of the molecule is CC.CC(=O)N[C@H](CC(=O)NC1CC1)C(C)(C)C.CC(C)C=O.CCC(C)CNc1ccccc1C.COC. The van der Waals surface area contributed by atoms with E-state index < -0.39 is 0 Å². The van der Waals surface area contributed by atoms with Crippen molar-refractivity contribution < 1.29 is 19.1 Å². The molecule has 1 unspecified atom stereocenters. The molecule has 0 aliphatic heterocycles. The van der Waals surface area contributed by atoms with Gasteiger partial charge in [-0.2, -0.15) is 0 Å². The second kappa shape index (κ2) is 24.6. The van der Waals surface area contributed by atoms with Crippen molar-refractivity contribution in [3.63, 3.8) is 0 Å². The van der Waals surface area contributed by atoms with Gasteiger partial charge in [0.15, 0.2) is 0 Å². The Labute approximate surface area is 240 Å². The number of aldehydes is 1. The Balaban J connectivity index is -0.000000503. The number of methoxy groups -OCH3 is 1. The molecule has 2 atom stereocenters. The Morgan fingerprint density at radius 2 is 1.56 bits per heavy atom. The zero-order chi connectivity index (χ0) is 31.0. The number of amides is 2.